The van der Waals surface area contributed by atoms with Crippen LogP contribution in [0.25, 0.3) is 0 Å². The Kier molecular flexibility index (Phi) is 5.23. The van der Waals surface area contributed by atoms with Gasteiger partial charge in [0, 0.05) is 12.6 Å². The summed E-state index contributed by atoms with van der Waals surface area (Å²) in [7, 11) is 0. The number of nitrogens with zero attached hydrogens (tertiary/aromatic N) is 1. The van der Waals surface area contributed by atoms with E-state index in [1.54, 1.807) is 0 Å². The summed E-state index contributed by atoms with van der Waals surface area (Å²) in [6.45, 7) is 9.57. The lowest BCUT2D eigenvalue weighted by atomic mass is 9.96. The topological polar surface area (TPSA) is 58.4 Å². The molecule has 0 atom stereocenters. The molecule has 1 fully saturated rings. The van der Waals surface area contributed by atoms with Crippen molar-refractivity contribution in [2.75, 3.05) is 24.5 Å². The first-order valence-electron chi connectivity index (χ1n) is 7.87. The van der Waals surface area contributed by atoms with Gasteiger partial charge in [0.25, 0.3) is 5.91 Å². The van der Waals surface area contributed by atoms with Gasteiger partial charge in [0.2, 0.25) is 0 Å². The zero-order valence-electron chi connectivity index (χ0n) is 13.4. The van der Waals surface area contributed by atoms with Crippen LogP contribution in [0.3, 0.4) is 0 Å². The van der Waals surface area contributed by atoms with Crippen LogP contribution in [0, 0.1) is 12.8 Å². The molecule has 0 aliphatic carbocycles. The van der Waals surface area contributed by atoms with Gasteiger partial charge in [-0.3, -0.25) is 4.79 Å². The van der Waals surface area contributed by atoms with Crippen LogP contribution in [0.4, 0.5) is 5.69 Å². The highest BCUT2D eigenvalue weighted by atomic mass is 16.1. The number of rotatable bonds is 5. The van der Waals surface area contributed by atoms with Crippen LogP contribution in [-0.2, 0) is 0 Å². The Hall–Kier alpha value is -1.55. The van der Waals surface area contributed by atoms with Crippen molar-refractivity contribution in [1.29, 1.82) is 0 Å². The number of amides is 1. The SMILES string of the molecule is Cc1ccc(C(N)=O)c(N(CC2CCNCC2)C(C)C)c1. The molecule has 1 saturated heterocycles. The first-order chi connectivity index (χ1) is 9.99. The molecule has 4 heteroatoms. The number of carbonyl (C=O) groups excluding carboxylic acids is 1. The summed E-state index contributed by atoms with van der Waals surface area (Å²) in [5.74, 6) is 0.329. The number of anilines is 1. The van der Waals surface area contributed by atoms with Gasteiger partial charge in [0.1, 0.15) is 0 Å². The van der Waals surface area contributed by atoms with Gasteiger partial charge in [-0.2, -0.15) is 0 Å². The fourth-order valence-corrected chi connectivity index (χ4v) is 3.02. The van der Waals surface area contributed by atoms with Gasteiger partial charge in [-0.15, -0.1) is 0 Å². The fourth-order valence-electron chi connectivity index (χ4n) is 3.02. The monoisotopic (exact) mass is 289 g/mol. The smallest absolute Gasteiger partial charge is 0.250 e. The minimum Gasteiger partial charge on any atom is -0.368 e. The normalized spacial score (nSPS) is 16.2. The molecular weight excluding hydrogens is 262 g/mol. The molecule has 0 aromatic heterocycles. The molecule has 0 saturated carbocycles. The lowest BCUT2D eigenvalue weighted by molar-refractivity contribution is 0.100. The Bertz CT molecular complexity index is 493. The fraction of sp³-hybridized carbons (Fsp3) is 0.588. The van der Waals surface area contributed by atoms with E-state index in [1.807, 2.05) is 12.1 Å². The van der Waals surface area contributed by atoms with Crippen LogP contribution >= 0.6 is 0 Å². The van der Waals surface area contributed by atoms with Crippen molar-refractivity contribution < 1.29 is 4.79 Å². The number of benzene rings is 1. The van der Waals surface area contributed by atoms with Gasteiger partial charge < -0.3 is 16.0 Å². The van der Waals surface area contributed by atoms with Crippen molar-refractivity contribution in [1.82, 2.24) is 5.32 Å². The average molecular weight is 289 g/mol. The van der Waals surface area contributed by atoms with Gasteiger partial charge in [-0.05, 0) is 70.3 Å². The standard InChI is InChI=1S/C17H27N3O/c1-12(2)20(11-14-6-8-19-9-7-14)16-10-13(3)4-5-15(16)17(18)21/h4-5,10,12,14,19H,6-9,11H2,1-3H3,(H2,18,21). The summed E-state index contributed by atoms with van der Waals surface area (Å²) in [5, 5.41) is 3.40. The second-order valence-corrected chi connectivity index (χ2v) is 6.32. The molecule has 1 amide bonds. The van der Waals surface area contributed by atoms with Crippen molar-refractivity contribution in [3.8, 4) is 0 Å². The number of piperidine rings is 1. The summed E-state index contributed by atoms with van der Waals surface area (Å²) in [4.78, 5) is 14.1. The predicted octanol–water partition coefficient (Wildman–Crippen LogP) is 2.31. The molecule has 21 heavy (non-hydrogen) atoms. The summed E-state index contributed by atoms with van der Waals surface area (Å²) in [6, 6.07) is 6.23. The Balaban J connectivity index is 2.28. The Morgan fingerprint density at radius 1 is 1.38 bits per heavy atom. The van der Waals surface area contributed by atoms with E-state index in [-0.39, 0.29) is 5.91 Å². The first-order valence-corrected chi connectivity index (χ1v) is 7.87. The van der Waals surface area contributed by atoms with Crippen molar-refractivity contribution >= 4 is 11.6 Å². The average Bonchev–Trinajstić information content (AvgIpc) is 2.45. The minimum atomic E-state index is -0.346. The van der Waals surface area contributed by atoms with E-state index in [0.717, 1.165) is 30.9 Å². The number of hydrogen-bond acceptors (Lipinski definition) is 3. The Morgan fingerprint density at radius 2 is 2.05 bits per heavy atom. The summed E-state index contributed by atoms with van der Waals surface area (Å²) in [5.41, 5.74) is 8.33. The molecule has 4 nitrogen and oxygen atoms in total. The van der Waals surface area contributed by atoms with E-state index in [0.29, 0.717) is 17.5 Å². The molecule has 2 rings (SSSR count). The van der Waals surface area contributed by atoms with Gasteiger partial charge in [-0.25, -0.2) is 0 Å². The quantitative estimate of drug-likeness (QED) is 0.874. The highest BCUT2D eigenvalue weighted by Gasteiger charge is 2.22. The van der Waals surface area contributed by atoms with Crippen LogP contribution < -0.4 is 16.0 Å². The number of nitrogens with two attached hydrogens (primary N) is 1. The summed E-state index contributed by atoms with van der Waals surface area (Å²) in [6.07, 6.45) is 2.39. The van der Waals surface area contributed by atoms with E-state index in [1.165, 1.54) is 12.8 Å². The minimum absolute atomic E-state index is 0.346. The number of aryl methyl sites for hydroxylation is 1. The van der Waals surface area contributed by atoms with Gasteiger partial charge >= 0.3 is 0 Å². The van der Waals surface area contributed by atoms with Gasteiger partial charge in [-0.1, -0.05) is 6.07 Å². The van der Waals surface area contributed by atoms with Crippen molar-refractivity contribution in [2.24, 2.45) is 11.7 Å². The van der Waals surface area contributed by atoms with Crippen LogP contribution in [0.5, 0.6) is 0 Å². The zero-order valence-corrected chi connectivity index (χ0v) is 13.4. The molecular formula is C17H27N3O. The molecule has 3 N–H and O–H groups in total. The van der Waals surface area contributed by atoms with Crippen LogP contribution in [0.15, 0.2) is 18.2 Å². The maximum Gasteiger partial charge on any atom is 0.250 e. The zero-order chi connectivity index (χ0) is 15.4. The molecule has 1 heterocycles. The highest BCUT2D eigenvalue weighted by Crippen LogP contribution is 2.27. The lowest BCUT2D eigenvalue weighted by Gasteiger charge is -2.35. The Morgan fingerprint density at radius 3 is 2.62 bits per heavy atom. The summed E-state index contributed by atoms with van der Waals surface area (Å²) < 4.78 is 0. The molecule has 1 aromatic rings. The first kappa shape index (κ1) is 15.8. The number of nitrogens with one attached hydrogen (secondary N) is 1. The van der Waals surface area contributed by atoms with Crippen LogP contribution in [-0.4, -0.2) is 31.6 Å². The predicted molar refractivity (Wildman–Crippen MR) is 87.8 cm³/mol. The number of primary amides is 1. The third-order valence-electron chi connectivity index (χ3n) is 4.27. The van der Waals surface area contributed by atoms with E-state index in [9.17, 15) is 4.79 Å². The largest absolute Gasteiger partial charge is 0.368 e. The molecule has 0 spiro atoms. The Labute approximate surface area is 127 Å². The summed E-state index contributed by atoms with van der Waals surface area (Å²) >= 11 is 0. The second kappa shape index (κ2) is 6.94. The highest BCUT2D eigenvalue weighted by molar-refractivity contribution is 5.98. The van der Waals surface area contributed by atoms with Crippen molar-refractivity contribution in [2.45, 2.75) is 39.7 Å². The number of carbonyl (C=O) groups is 1. The molecule has 0 bridgehead atoms. The number of hydrogen-bond donors (Lipinski definition) is 2. The molecule has 1 aliphatic heterocycles. The van der Waals surface area contributed by atoms with E-state index >= 15 is 0 Å². The lowest BCUT2D eigenvalue weighted by Crippen LogP contribution is -2.40. The van der Waals surface area contributed by atoms with E-state index in [4.69, 9.17) is 5.73 Å². The molecule has 1 aromatic carbocycles. The maximum absolute atomic E-state index is 11.7. The molecule has 116 valence electrons. The third kappa shape index (κ3) is 3.97. The van der Waals surface area contributed by atoms with Crippen LogP contribution in [0.1, 0.15) is 42.6 Å². The molecule has 0 radical (unpaired) electrons. The van der Waals surface area contributed by atoms with Crippen LogP contribution in [0.2, 0.25) is 0 Å². The van der Waals surface area contributed by atoms with Crippen molar-refractivity contribution in [3.63, 3.8) is 0 Å². The van der Waals surface area contributed by atoms with E-state index in [2.05, 4.69) is 37.1 Å². The van der Waals surface area contributed by atoms with Crippen molar-refractivity contribution in [3.05, 3.63) is 29.3 Å². The molecule has 0 unspecified atom stereocenters. The maximum atomic E-state index is 11.7. The van der Waals surface area contributed by atoms with Gasteiger partial charge in [0.05, 0.1) is 11.3 Å². The third-order valence-corrected chi connectivity index (χ3v) is 4.27. The molecule has 1 aliphatic rings. The van der Waals surface area contributed by atoms with E-state index < -0.39 is 0 Å². The van der Waals surface area contributed by atoms with Gasteiger partial charge in [0.15, 0.2) is 0 Å². The second-order valence-electron chi connectivity index (χ2n) is 6.32.